The number of aliphatic hydroxyl groups is 1. The summed E-state index contributed by atoms with van der Waals surface area (Å²) in [5.74, 6) is 0.238. The van der Waals surface area contributed by atoms with Crippen LogP contribution in [0.2, 0.25) is 0 Å². The van der Waals surface area contributed by atoms with Gasteiger partial charge in [-0.1, -0.05) is 18.2 Å². The van der Waals surface area contributed by atoms with Gasteiger partial charge in [0.1, 0.15) is 5.56 Å². The quantitative estimate of drug-likeness (QED) is 0.681. The molecule has 6 heteroatoms. The van der Waals surface area contributed by atoms with E-state index in [2.05, 4.69) is 10.3 Å². The average molecular weight is 344 g/mol. The van der Waals surface area contributed by atoms with E-state index in [1.807, 2.05) is 24.3 Å². The molecule has 0 spiro atoms. The highest BCUT2D eigenvalue weighted by Crippen LogP contribution is 2.29. The van der Waals surface area contributed by atoms with Crippen LogP contribution in [0.4, 0.5) is 5.69 Å². The molecule has 0 radical (unpaired) electrons. The minimum Gasteiger partial charge on any atom is -0.462 e. The molecule has 0 aliphatic heterocycles. The highest BCUT2D eigenvalue weighted by molar-refractivity contribution is 6.04. The number of benzene rings is 1. The van der Waals surface area contributed by atoms with Gasteiger partial charge < -0.3 is 19.9 Å². The molecule has 2 N–H and O–H groups in total. The maximum absolute atomic E-state index is 12.2. The number of hydrogen-bond donors (Lipinski definition) is 2. The summed E-state index contributed by atoms with van der Waals surface area (Å²) in [7, 11) is 0. The van der Waals surface area contributed by atoms with Gasteiger partial charge in [-0.3, -0.25) is 4.98 Å². The van der Waals surface area contributed by atoms with Crippen molar-refractivity contribution in [2.24, 2.45) is 5.92 Å². The van der Waals surface area contributed by atoms with Crippen LogP contribution < -0.4 is 5.32 Å². The summed E-state index contributed by atoms with van der Waals surface area (Å²) in [5, 5.41) is 14.1. The van der Waals surface area contributed by atoms with E-state index in [1.165, 1.54) is 19.0 Å². The zero-order valence-electron chi connectivity index (χ0n) is 14.4. The lowest BCUT2D eigenvalue weighted by atomic mass is 10.1. The van der Waals surface area contributed by atoms with Crippen molar-refractivity contribution in [1.82, 2.24) is 4.98 Å². The number of fused-ring (bicyclic) bond motifs is 1. The molecule has 1 saturated carbocycles. The van der Waals surface area contributed by atoms with Gasteiger partial charge in [0.15, 0.2) is 0 Å². The molecule has 1 aromatic carbocycles. The summed E-state index contributed by atoms with van der Waals surface area (Å²) in [6.45, 7) is 3.33. The molecule has 1 atom stereocenters. The highest BCUT2D eigenvalue weighted by Gasteiger charge is 2.22. The molecule has 0 saturated heterocycles. The molecule has 1 aliphatic carbocycles. The van der Waals surface area contributed by atoms with E-state index >= 15 is 0 Å². The Balaban J connectivity index is 1.72. The Morgan fingerprint density at radius 1 is 1.40 bits per heavy atom. The molecule has 25 heavy (non-hydrogen) atoms. The van der Waals surface area contributed by atoms with Crippen LogP contribution >= 0.6 is 0 Å². The molecule has 0 bridgehead atoms. The topological polar surface area (TPSA) is 80.7 Å². The Morgan fingerprint density at radius 3 is 2.96 bits per heavy atom. The fourth-order valence-corrected chi connectivity index (χ4v) is 2.63. The molecule has 1 aromatic heterocycles. The number of aromatic nitrogens is 1. The van der Waals surface area contributed by atoms with Crippen molar-refractivity contribution in [2.45, 2.75) is 25.9 Å². The SMILES string of the molecule is CCOC(=O)c1cnc2ccccc2c1NCC(O)COCC1CC1. The number of carbonyl (C=O) groups is 1. The Labute approximate surface area is 147 Å². The molecule has 1 unspecified atom stereocenters. The van der Waals surface area contributed by atoms with Gasteiger partial charge in [0.05, 0.1) is 30.5 Å². The monoisotopic (exact) mass is 344 g/mol. The number of para-hydroxylation sites is 1. The summed E-state index contributed by atoms with van der Waals surface area (Å²) in [4.78, 5) is 16.5. The van der Waals surface area contributed by atoms with Crippen LogP contribution in [0.5, 0.6) is 0 Å². The molecule has 6 nitrogen and oxygen atoms in total. The third kappa shape index (κ3) is 4.67. The molecule has 1 heterocycles. The number of carbonyl (C=O) groups excluding carboxylic acids is 1. The normalized spacial score (nSPS) is 15.1. The van der Waals surface area contributed by atoms with Crippen molar-refractivity contribution in [3.8, 4) is 0 Å². The van der Waals surface area contributed by atoms with Crippen molar-refractivity contribution < 1.29 is 19.4 Å². The number of pyridine rings is 1. The fraction of sp³-hybridized carbons (Fsp3) is 0.474. The number of nitrogens with zero attached hydrogens (tertiary/aromatic N) is 1. The lowest BCUT2D eigenvalue weighted by Crippen LogP contribution is -2.26. The molecular formula is C19H24N2O4. The van der Waals surface area contributed by atoms with Crippen LogP contribution in [-0.2, 0) is 9.47 Å². The number of esters is 1. The van der Waals surface area contributed by atoms with Crippen molar-refractivity contribution >= 4 is 22.6 Å². The minimum absolute atomic E-state index is 0.279. The Morgan fingerprint density at radius 2 is 2.20 bits per heavy atom. The zero-order valence-corrected chi connectivity index (χ0v) is 14.4. The van der Waals surface area contributed by atoms with E-state index < -0.39 is 12.1 Å². The summed E-state index contributed by atoms with van der Waals surface area (Å²) < 4.78 is 10.6. The third-order valence-corrected chi connectivity index (χ3v) is 4.15. The molecule has 3 rings (SSSR count). The number of rotatable bonds is 9. The van der Waals surface area contributed by atoms with Gasteiger partial charge in [-0.05, 0) is 31.7 Å². The lowest BCUT2D eigenvalue weighted by molar-refractivity contribution is 0.0385. The third-order valence-electron chi connectivity index (χ3n) is 4.15. The first-order valence-electron chi connectivity index (χ1n) is 8.73. The number of aliphatic hydroxyl groups excluding tert-OH is 1. The predicted octanol–water partition coefficient (Wildman–Crippen LogP) is 2.61. The lowest BCUT2D eigenvalue weighted by Gasteiger charge is -2.17. The van der Waals surface area contributed by atoms with Gasteiger partial charge in [0, 0.05) is 24.7 Å². The molecular weight excluding hydrogens is 320 g/mol. The molecule has 134 valence electrons. The number of ether oxygens (including phenoxy) is 2. The van der Waals surface area contributed by atoms with Gasteiger partial charge >= 0.3 is 5.97 Å². The van der Waals surface area contributed by atoms with Crippen molar-refractivity contribution in [2.75, 3.05) is 31.7 Å². The molecule has 1 aliphatic rings. The van der Waals surface area contributed by atoms with Crippen molar-refractivity contribution in [3.63, 3.8) is 0 Å². The van der Waals surface area contributed by atoms with Gasteiger partial charge in [-0.2, -0.15) is 0 Å². The van der Waals surface area contributed by atoms with E-state index in [4.69, 9.17) is 9.47 Å². The van der Waals surface area contributed by atoms with Gasteiger partial charge in [0.2, 0.25) is 0 Å². The summed E-state index contributed by atoms with van der Waals surface area (Å²) >= 11 is 0. The average Bonchev–Trinajstić information content (AvgIpc) is 3.44. The van der Waals surface area contributed by atoms with Crippen LogP contribution in [0.3, 0.4) is 0 Å². The fourth-order valence-electron chi connectivity index (χ4n) is 2.63. The maximum atomic E-state index is 12.2. The zero-order chi connectivity index (χ0) is 17.6. The first-order chi connectivity index (χ1) is 12.2. The summed E-state index contributed by atoms with van der Waals surface area (Å²) in [5.41, 5.74) is 1.77. The first kappa shape index (κ1) is 17.6. The van der Waals surface area contributed by atoms with E-state index in [0.717, 1.165) is 10.9 Å². The number of hydrogen-bond acceptors (Lipinski definition) is 6. The summed E-state index contributed by atoms with van der Waals surface area (Å²) in [6.07, 6.45) is 3.31. The van der Waals surface area contributed by atoms with Crippen LogP contribution in [0.1, 0.15) is 30.1 Å². The molecule has 2 aromatic rings. The Hall–Kier alpha value is -2.18. The second-order valence-corrected chi connectivity index (χ2v) is 6.30. The van der Waals surface area contributed by atoms with Gasteiger partial charge in [-0.15, -0.1) is 0 Å². The second-order valence-electron chi connectivity index (χ2n) is 6.30. The van der Waals surface area contributed by atoms with Gasteiger partial charge in [0.25, 0.3) is 0 Å². The predicted molar refractivity (Wildman–Crippen MR) is 95.7 cm³/mol. The van der Waals surface area contributed by atoms with Crippen LogP contribution in [0.15, 0.2) is 30.5 Å². The van der Waals surface area contributed by atoms with Gasteiger partial charge in [-0.25, -0.2) is 4.79 Å². The number of anilines is 1. The molecule has 0 amide bonds. The van der Waals surface area contributed by atoms with Crippen molar-refractivity contribution in [1.29, 1.82) is 0 Å². The summed E-state index contributed by atoms with van der Waals surface area (Å²) in [6, 6.07) is 7.55. The molecule has 1 fully saturated rings. The minimum atomic E-state index is -0.652. The Kier molecular flexibility index (Phi) is 5.83. The largest absolute Gasteiger partial charge is 0.462 e. The number of nitrogens with one attached hydrogen (secondary N) is 1. The van der Waals surface area contributed by atoms with Crippen LogP contribution in [-0.4, -0.2) is 48.5 Å². The second kappa shape index (κ2) is 8.27. The van der Waals surface area contributed by atoms with Crippen LogP contribution in [0, 0.1) is 5.92 Å². The van der Waals surface area contributed by atoms with E-state index in [1.54, 1.807) is 6.92 Å². The van der Waals surface area contributed by atoms with Crippen molar-refractivity contribution in [3.05, 3.63) is 36.0 Å². The van der Waals surface area contributed by atoms with Crippen LogP contribution in [0.25, 0.3) is 10.9 Å². The van der Waals surface area contributed by atoms with E-state index in [9.17, 15) is 9.90 Å². The smallest absolute Gasteiger partial charge is 0.341 e. The highest BCUT2D eigenvalue weighted by atomic mass is 16.5. The van der Waals surface area contributed by atoms with E-state index in [-0.39, 0.29) is 13.2 Å². The maximum Gasteiger partial charge on any atom is 0.341 e. The van der Waals surface area contributed by atoms with E-state index in [0.29, 0.717) is 30.4 Å². The first-order valence-corrected chi connectivity index (χ1v) is 8.73. The Bertz CT molecular complexity index is 730. The standard InChI is InChI=1S/C19H24N2O4/c1-2-25-19(23)16-10-20-17-6-4-3-5-15(17)18(16)21-9-14(22)12-24-11-13-7-8-13/h3-6,10,13-14,22H,2,7-9,11-12H2,1H3,(H,20,21).